The Morgan fingerprint density at radius 2 is 1.42 bits per heavy atom. The minimum atomic E-state index is -2.31. The van der Waals surface area contributed by atoms with Gasteiger partial charge in [0.1, 0.15) is 5.75 Å². The lowest BCUT2D eigenvalue weighted by Gasteiger charge is -2.37. The van der Waals surface area contributed by atoms with Crippen LogP contribution in [0, 0.1) is 62.4 Å². The summed E-state index contributed by atoms with van der Waals surface area (Å²) < 4.78 is 11.5. The van der Waals surface area contributed by atoms with Crippen LogP contribution in [0.5, 0.6) is 5.75 Å². The number of carbonyl (C=O) groups excluding carboxylic acids is 1. The Morgan fingerprint density at radius 3 is 1.88 bits per heavy atom. The predicted molar refractivity (Wildman–Crippen MR) is 95.5 cm³/mol. The van der Waals surface area contributed by atoms with Crippen molar-refractivity contribution in [1.29, 1.82) is 0 Å². The Kier molecular flexibility index (Phi) is 5.64. The van der Waals surface area contributed by atoms with Gasteiger partial charge in [0.25, 0.3) is 8.32 Å². The molecule has 2 aliphatic carbocycles. The first kappa shape index (κ1) is 17.5. The molecule has 10 radical (unpaired) electrons. The lowest BCUT2D eigenvalue weighted by Crippen LogP contribution is -2.50. The highest BCUT2D eigenvalue weighted by Gasteiger charge is 2.50. The highest BCUT2D eigenvalue weighted by molar-refractivity contribution is 6.86. The van der Waals surface area contributed by atoms with Crippen molar-refractivity contribution in [3.8, 4) is 5.75 Å². The lowest BCUT2D eigenvalue weighted by atomic mass is 10.2. The molecule has 0 unspecified atom stereocenters. The molecule has 4 heteroatoms. The highest BCUT2D eigenvalue weighted by Crippen LogP contribution is 2.43. The first-order valence-corrected chi connectivity index (χ1v) is 10.4. The molecule has 24 heavy (non-hydrogen) atoms. The van der Waals surface area contributed by atoms with Crippen LogP contribution in [0.2, 0.25) is 6.55 Å². The molecule has 0 aliphatic heterocycles. The fourth-order valence-corrected chi connectivity index (χ4v) is 5.61. The van der Waals surface area contributed by atoms with Crippen molar-refractivity contribution in [2.75, 3.05) is 6.61 Å². The molecule has 2 aliphatic rings. The van der Waals surface area contributed by atoms with E-state index in [0.29, 0.717) is 12.2 Å². The van der Waals surface area contributed by atoms with Crippen LogP contribution in [0.1, 0.15) is 17.3 Å². The van der Waals surface area contributed by atoms with Crippen molar-refractivity contribution in [3.05, 3.63) is 92.3 Å². The van der Waals surface area contributed by atoms with Crippen LogP contribution < -0.4 is 4.43 Å². The summed E-state index contributed by atoms with van der Waals surface area (Å²) in [6, 6.07) is 7.17. The van der Waals surface area contributed by atoms with E-state index in [-0.39, 0.29) is 5.97 Å². The van der Waals surface area contributed by atoms with Gasteiger partial charge in [-0.3, -0.25) is 0 Å². The molecule has 0 N–H and O–H groups in total. The molecule has 0 saturated heterocycles. The van der Waals surface area contributed by atoms with Gasteiger partial charge in [0.15, 0.2) is 0 Å². The summed E-state index contributed by atoms with van der Waals surface area (Å²) >= 11 is 0. The molecule has 0 amide bonds. The van der Waals surface area contributed by atoms with E-state index in [9.17, 15) is 4.79 Å². The van der Waals surface area contributed by atoms with Crippen LogP contribution in [0.3, 0.4) is 0 Å². The number of hydrogen-bond donors (Lipinski definition) is 0. The quantitative estimate of drug-likeness (QED) is 0.587. The molecule has 1 aromatic rings. The molecule has 0 bridgehead atoms. The van der Waals surface area contributed by atoms with E-state index in [4.69, 9.17) is 9.16 Å². The molecule has 0 aromatic heterocycles. The van der Waals surface area contributed by atoms with Gasteiger partial charge in [-0.25, -0.2) is 4.79 Å². The van der Waals surface area contributed by atoms with Gasteiger partial charge in [0.2, 0.25) is 0 Å². The monoisotopic (exact) mass is 336 g/mol. The summed E-state index contributed by atoms with van der Waals surface area (Å²) in [5.74, 6) is 0.454. The second-order valence-electron chi connectivity index (χ2n) is 5.73. The molecular formula is C20H20O3Si. The van der Waals surface area contributed by atoms with E-state index >= 15 is 0 Å². The number of benzene rings is 1. The second-order valence-corrected chi connectivity index (χ2v) is 9.15. The standard InChI is InChI=1S/C20H20O3Si/c1-3-22-20(21)16-12-14-17(15-13-16)23-24(2,18-8-4-5-9-18)19-10-6-7-11-19/h4-15H,3H2,1-2H3. The normalized spacial score (nSPS) is 19.6. The van der Waals surface area contributed by atoms with Crippen LogP contribution in [-0.4, -0.2) is 20.9 Å². The van der Waals surface area contributed by atoms with Crippen LogP contribution in [0.25, 0.3) is 0 Å². The van der Waals surface area contributed by atoms with Crippen molar-refractivity contribution in [3.63, 3.8) is 0 Å². The van der Waals surface area contributed by atoms with Gasteiger partial charge < -0.3 is 9.16 Å². The zero-order chi connectivity index (χ0) is 17.0. The SMILES string of the molecule is CCOC(=O)c1ccc(O[Si](C)([C]2[CH][CH][CH][CH]2)[C]2[CH][CH][CH][CH]2)cc1. The minimum Gasteiger partial charge on any atom is -0.543 e. The van der Waals surface area contributed by atoms with Crippen molar-refractivity contribution >= 4 is 14.3 Å². The number of rotatable bonds is 6. The third-order valence-corrected chi connectivity index (χ3v) is 7.63. The summed E-state index contributed by atoms with van der Waals surface area (Å²) in [7, 11) is -2.31. The fraction of sp³-hybridized carbons (Fsp3) is 0.150. The number of esters is 1. The van der Waals surface area contributed by atoms with E-state index in [0.717, 1.165) is 5.75 Å². The van der Waals surface area contributed by atoms with Gasteiger partial charge >= 0.3 is 5.97 Å². The van der Waals surface area contributed by atoms with Gasteiger partial charge in [-0.15, -0.1) is 0 Å². The van der Waals surface area contributed by atoms with Gasteiger partial charge in [-0.05, 0) is 89.1 Å². The van der Waals surface area contributed by atoms with E-state index in [1.807, 2.05) is 37.8 Å². The van der Waals surface area contributed by atoms with Gasteiger partial charge in [0.05, 0.1) is 12.2 Å². The Hall–Kier alpha value is -1.29. The van der Waals surface area contributed by atoms with Crippen LogP contribution in [-0.2, 0) is 4.74 Å². The van der Waals surface area contributed by atoms with Gasteiger partial charge in [-0.2, -0.15) is 0 Å². The van der Waals surface area contributed by atoms with Crippen LogP contribution in [0.15, 0.2) is 24.3 Å². The Morgan fingerprint density at radius 1 is 0.917 bits per heavy atom. The molecule has 0 spiro atoms. The third-order valence-electron chi connectivity index (χ3n) is 4.11. The maximum atomic E-state index is 11.8. The zero-order valence-electron chi connectivity index (χ0n) is 13.9. The van der Waals surface area contributed by atoms with Crippen molar-refractivity contribution in [2.45, 2.75) is 13.5 Å². The molecule has 2 fully saturated rings. The number of hydrogen-bond acceptors (Lipinski definition) is 3. The summed E-state index contributed by atoms with van der Waals surface area (Å²) in [6.45, 7) is 4.36. The van der Waals surface area contributed by atoms with E-state index in [1.54, 1.807) is 19.1 Å². The van der Waals surface area contributed by atoms with Crippen molar-refractivity contribution < 1.29 is 14.0 Å². The van der Waals surface area contributed by atoms with Crippen LogP contribution >= 0.6 is 0 Å². The molecule has 1 aromatic carbocycles. The van der Waals surface area contributed by atoms with E-state index in [2.05, 4.69) is 32.2 Å². The summed E-state index contributed by atoms with van der Waals surface area (Å²) in [4.78, 5) is 11.8. The Labute approximate surface area is 146 Å². The zero-order valence-corrected chi connectivity index (χ0v) is 14.9. The van der Waals surface area contributed by atoms with Gasteiger partial charge in [0, 0.05) is 11.1 Å². The summed E-state index contributed by atoms with van der Waals surface area (Å²) in [5, 5.41) is 0. The maximum absolute atomic E-state index is 11.8. The first-order valence-electron chi connectivity index (χ1n) is 8.04. The molecule has 3 nitrogen and oxygen atoms in total. The third kappa shape index (κ3) is 3.69. The van der Waals surface area contributed by atoms with E-state index < -0.39 is 8.32 Å². The first-order chi connectivity index (χ1) is 11.6. The fourth-order valence-electron chi connectivity index (χ4n) is 2.78. The van der Waals surface area contributed by atoms with Crippen molar-refractivity contribution in [2.24, 2.45) is 0 Å². The average molecular weight is 336 g/mol. The molecule has 0 heterocycles. The second kappa shape index (κ2) is 7.73. The summed E-state index contributed by atoms with van der Waals surface area (Å²) in [6.07, 6.45) is 16.6. The average Bonchev–Trinajstić information content (AvgIpc) is 3.29. The van der Waals surface area contributed by atoms with Crippen LogP contribution in [0.4, 0.5) is 0 Å². The largest absolute Gasteiger partial charge is 0.543 e. The molecular weight excluding hydrogens is 316 g/mol. The summed E-state index contributed by atoms with van der Waals surface area (Å²) in [5.41, 5.74) is 2.99. The predicted octanol–water partition coefficient (Wildman–Crippen LogP) is 3.71. The topological polar surface area (TPSA) is 35.5 Å². The molecule has 3 rings (SSSR count). The molecule has 2 saturated carbocycles. The molecule has 0 atom stereocenters. The number of ether oxygens (including phenoxy) is 1. The van der Waals surface area contributed by atoms with Crippen molar-refractivity contribution in [1.82, 2.24) is 0 Å². The van der Waals surface area contributed by atoms with Gasteiger partial charge in [-0.1, -0.05) is 0 Å². The van der Waals surface area contributed by atoms with E-state index in [1.165, 1.54) is 11.1 Å². The maximum Gasteiger partial charge on any atom is 0.338 e. The Bertz CT molecular complexity index is 527. The minimum absolute atomic E-state index is 0.309. The molecule has 122 valence electrons. The smallest absolute Gasteiger partial charge is 0.338 e. The lowest BCUT2D eigenvalue weighted by molar-refractivity contribution is 0.0526. The highest BCUT2D eigenvalue weighted by atomic mass is 28.4. The Balaban J connectivity index is 1.75. The number of carbonyl (C=O) groups is 1.